The zero-order valence-electron chi connectivity index (χ0n) is 18.0. The summed E-state index contributed by atoms with van der Waals surface area (Å²) in [4.78, 5) is 0. The highest BCUT2D eigenvalue weighted by molar-refractivity contribution is 5.46. The monoisotopic (exact) mass is 421 g/mol. The quantitative estimate of drug-likeness (QED) is 0.322. The lowest BCUT2D eigenvalue weighted by Crippen LogP contribution is -2.47. The minimum absolute atomic E-state index is 0.143. The average molecular weight is 422 g/mol. The predicted molar refractivity (Wildman–Crippen MR) is 123 cm³/mol. The smallest absolute Gasteiger partial charge is 0.160 e. The van der Waals surface area contributed by atoms with Crippen LogP contribution in [-0.4, -0.2) is 29.2 Å². The van der Waals surface area contributed by atoms with Crippen LogP contribution < -0.4 is 21.1 Å². The number of hydrogen-bond acceptors (Lipinski definition) is 6. The fourth-order valence-corrected chi connectivity index (χ4v) is 3.47. The lowest BCUT2D eigenvalue weighted by Gasteiger charge is -2.19. The maximum absolute atomic E-state index is 10.1. The van der Waals surface area contributed by atoms with Crippen molar-refractivity contribution in [2.24, 2.45) is 5.73 Å². The van der Waals surface area contributed by atoms with Gasteiger partial charge >= 0.3 is 0 Å². The third kappa shape index (κ3) is 7.08. The van der Waals surface area contributed by atoms with E-state index in [0.717, 1.165) is 28.0 Å². The largest absolute Gasteiger partial charge is 0.508 e. The SMILES string of the molecule is Cc1cc(CC(N)CNC(O)NCc2ccccc2)cc(C)c1Oc1ccc(O)cc1. The van der Waals surface area contributed by atoms with Crippen molar-refractivity contribution in [2.75, 3.05) is 6.54 Å². The van der Waals surface area contributed by atoms with E-state index in [0.29, 0.717) is 25.3 Å². The molecule has 2 unspecified atom stereocenters. The van der Waals surface area contributed by atoms with E-state index < -0.39 is 6.35 Å². The minimum Gasteiger partial charge on any atom is -0.508 e. The molecule has 0 heterocycles. The molecule has 0 aliphatic heterocycles. The first-order chi connectivity index (χ1) is 14.9. The van der Waals surface area contributed by atoms with Crippen LogP contribution in [0.4, 0.5) is 0 Å². The number of aliphatic hydroxyl groups is 1. The summed E-state index contributed by atoms with van der Waals surface area (Å²) in [5.41, 5.74) is 10.5. The normalized spacial score (nSPS) is 13.0. The van der Waals surface area contributed by atoms with Gasteiger partial charge in [0.15, 0.2) is 6.35 Å². The fourth-order valence-electron chi connectivity index (χ4n) is 3.47. The summed E-state index contributed by atoms with van der Waals surface area (Å²) in [7, 11) is 0. The van der Waals surface area contributed by atoms with Crippen molar-refractivity contribution in [3.8, 4) is 17.2 Å². The van der Waals surface area contributed by atoms with Crippen LogP contribution in [0.1, 0.15) is 22.3 Å². The molecule has 0 bridgehead atoms. The van der Waals surface area contributed by atoms with Gasteiger partial charge in [-0.25, -0.2) is 0 Å². The van der Waals surface area contributed by atoms with Gasteiger partial charge < -0.3 is 20.7 Å². The Hall–Kier alpha value is -2.90. The van der Waals surface area contributed by atoms with E-state index in [1.54, 1.807) is 24.3 Å². The molecule has 3 aromatic rings. The van der Waals surface area contributed by atoms with Gasteiger partial charge in [-0.05, 0) is 66.8 Å². The third-order valence-electron chi connectivity index (χ3n) is 4.99. The Balaban J connectivity index is 1.50. The number of aromatic hydroxyl groups is 1. The number of aryl methyl sites for hydroxylation is 2. The number of nitrogens with one attached hydrogen (secondary N) is 2. The van der Waals surface area contributed by atoms with Crippen LogP contribution in [0.2, 0.25) is 0 Å². The van der Waals surface area contributed by atoms with Gasteiger partial charge in [-0.1, -0.05) is 42.5 Å². The molecule has 164 valence electrons. The fraction of sp³-hybridized carbons (Fsp3) is 0.280. The van der Waals surface area contributed by atoms with Crippen LogP contribution in [-0.2, 0) is 13.0 Å². The molecule has 0 aliphatic rings. The van der Waals surface area contributed by atoms with Crippen molar-refractivity contribution in [2.45, 2.75) is 39.2 Å². The maximum Gasteiger partial charge on any atom is 0.160 e. The van der Waals surface area contributed by atoms with Crippen LogP contribution >= 0.6 is 0 Å². The average Bonchev–Trinajstić information content (AvgIpc) is 2.75. The van der Waals surface area contributed by atoms with Gasteiger partial charge in [0.05, 0.1) is 0 Å². The Bertz CT molecular complexity index is 939. The first kappa shape index (κ1) is 22.8. The molecule has 6 nitrogen and oxygen atoms in total. The van der Waals surface area contributed by atoms with E-state index in [4.69, 9.17) is 10.5 Å². The highest BCUT2D eigenvalue weighted by Crippen LogP contribution is 2.30. The summed E-state index contributed by atoms with van der Waals surface area (Å²) < 4.78 is 6.00. The summed E-state index contributed by atoms with van der Waals surface area (Å²) in [5, 5.41) is 25.6. The summed E-state index contributed by atoms with van der Waals surface area (Å²) in [6.45, 7) is 5.07. The van der Waals surface area contributed by atoms with E-state index >= 15 is 0 Å². The van der Waals surface area contributed by atoms with Crippen LogP contribution in [0.15, 0.2) is 66.7 Å². The summed E-state index contributed by atoms with van der Waals surface area (Å²) in [5.74, 6) is 1.69. The van der Waals surface area contributed by atoms with Gasteiger partial charge in [-0.15, -0.1) is 0 Å². The lowest BCUT2D eigenvalue weighted by molar-refractivity contribution is 0.0980. The van der Waals surface area contributed by atoms with Gasteiger partial charge in [0.1, 0.15) is 17.2 Å². The number of aliphatic hydroxyl groups excluding tert-OH is 1. The topological polar surface area (TPSA) is 99.8 Å². The Morgan fingerprint density at radius 3 is 2.19 bits per heavy atom. The molecule has 0 amide bonds. The van der Waals surface area contributed by atoms with Crippen LogP contribution in [0.3, 0.4) is 0 Å². The second kappa shape index (κ2) is 10.9. The zero-order valence-corrected chi connectivity index (χ0v) is 18.0. The van der Waals surface area contributed by atoms with Gasteiger partial charge in [0.25, 0.3) is 0 Å². The van der Waals surface area contributed by atoms with E-state index in [1.807, 2.05) is 44.2 Å². The molecule has 0 fully saturated rings. The second-order valence-electron chi connectivity index (χ2n) is 7.80. The van der Waals surface area contributed by atoms with E-state index in [2.05, 4.69) is 22.8 Å². The molecule has 0 radical (unpaired) electrons. The van der Waals surface area contributed by atoms with Crippen LogP contribution in [0, 0.1) is 13.8 Å². The molecule has 3 aromatic carbocycles. The van der Waals surface area contributed by atoms with Gasteiger partial charge in [-0.3, -0.25) is 10.6 Å². The van der Waals surface area contributed by atoms with Crippen molar-refractivity contribution >= 4 is 0 Å². The van der Waals surface area contributed by atoms with Crippen molar-refractivity contribution in [3.63, 3.8) is 0 Å². The summed E-state index contributed by atoms with van der Waals surface area (Å²) in [6, 6.07) is 20.6. The predicted octanol–water partition coefficient (Wildman–Crippen LogP) is 3.33. The summed E-state index contributed by atoms with van der Waals surface area (Å²) >= 11 is 0. The lowest BCUT2D eigenvalue weighted by atomic mass is 10.0. The molecule has 0 aromatic heterocycles. The standard InChI is InChI=1S/C25H31N3O3/c1-17-12-20(13-18(2)24(17)31-23-10-8-22(29)9-11-23)14-21(26)16-28-25(30)27-15-19-6-4-3-5-7-19/h3-13,21,25,27-30H,14-16,26H2,1-2H3. The molecule has 0 spiro atoms. The molecular formula is C25H31N3O3. The Kier molecular flexibility index (Phi) is 8.03. The number of nitrogens with two attached hydrogens (primary N) is 1. The minimum atomic E-state index is -0.823. The molecular weight excluding hydrogens is 390 g/mol. The first-order valence-electron chi connectivity index (χ1n) is 10.4. The number of ether oxygens (including phenoxy) is 1. The van der Waals surface area contributed by atoms with Crippen molar-refractivity contribution in [3.05, 3.63) is 89.0 Å². The number of benzene rings is 3. The van der Waals surface area contributed by atoms with E-state index in [1.165, 1.54) is 0 Å². The molecule has 0 aliphatic carbocycles. The van der Waals surface area contributed by atoms with Crippen LogP contribution in [0.5, 0.6) is 17.2 Å². The van der Waals surface area contributed by atoms with E-state index in [-0.39, 0.29) is 11.8 Å². The molecule has 0 saturated heterocycles. The van der Waals surface area contributed by atoms with Crippen molar-refractivity contribution < 1.29 is 14.9 Å². The number of phenolic OH excluding ortho intramolecular Hbond substituents is 1. The number of phenols is 1. The molecule has 3 rings (SSSR count). The first-order valence-corrected chi connectivity index (χ1v) is 10.4. The van der Waals surface area contributed by atoms with Gasteiger partial charge in [0.2, 0.25) is 0 Å². The summed E-state index contributed by atoms with van der Waals surface area (Å²) in [6.07, 6.45) is -0.143. The van der Waals surface area contributed by atoms with Crippen molar-refractivity contribution in [1.82, 2.24) is 10.6 Å². The van der Waals surface area contributed by atoms with E-state index in [9.17, 15) is 10.2 Å². The Morgan fingerprint density at radius 2 is 1.55 bits per heavy atom. The zero-order chi connectivity index (χ0) is 22.2. The van der Waals surface area contributed by atoms with Gasteiger partial charge in [0, 0.05) is 19.1 Å². The number of rotatable bonds is 10. The maximum atomic E-state index is 10.1. The highest BCUT2D eigenvalue weighted by atomic mass is 16.5. The molecule has 6 N–H and O–H groups in total. The van der Waals surface area contributed by atoms with Crippen molar-refractivity contribution in [1.29, 1.82) is 0 Å². The molecule has 6 heteroatoms. The van der Waals surface area contributed by atoms with Crippen LogP contribution in [0.25, 0.3) is 0 Å². The molecule has 31 heavy (non-hydrogen) atoms. The molecule has 2 atom stereocenters. The molecule has 0 saturated carbocycles. The Morgan fingerprint density at radius 1 is 0.903 bits per heavy atom. The Labute approximate surface area is 183 Å². The second-order valence-corrected chi connectivity index (χ2v) is 7.80. The third-order valence-corrected chi connectivity index (χ3v) is 4.99. The highest BCUT2D eigenvalue weighted by Gasteiger charge is 2.12. The number of hydrogen-bond donors (Lipinski definition) is 5. The van der Waals surface area contributed by atoms with Gasteiger partial charge in [-0.2, -0.15) is 0 Å².